The summed E-state index contributed by atoms with van der Waals surface area (Å²) in [5.41, 5.74) is 2.45. The zero-order chi connectivity index (χ0) is 17.8. The molecule has 0 radical (unpaired) electrons. The third-order valence-electron chi connectivity index (χ3n) is 5.99. The molecule has 0 spiro atoms. The summed E-state index contributed by atoms with van der Waals surface area (Å²) in [6, 6.07) is 3.09. The lowest BCUT2D eigenvalue weighted by Crippen LogP contribution is -2.15. The van der Waals surface area contributed by atoms with E-state index in [4.69, 9.17) is 0 Å². The Bertz CT molecular complexity index is 625. The molecule has 0 amide bonds. The lowest BCUT2D eigenvalue weighted by Gasteiger charge is -2.29. The predicted octanol–water partition coefficient (Wildman–Crippen LogP) is 7.10. The molecule has 25 heavy (non-hydrogen) atoms. The Morgan fingerprint density at radius 2 is 1.72 bits per heavy atom. The van der Waals surface area contributed by atoms with Gasteiger partial charge in [-0.25, -0.2) is 8.78 Å². The molecule has 136 valence electrons. The van der Waals surface area contributed by atoms with Crippen LogP contribution in [-0.4, -0.2) is 0 Å². The standard InChI is InChI=1S/C23H30F2/c1-3-4-5-21-22(24)14-20(15-23(21)25)19-12-10-18(11-13-19)17-8-6-16(2)7-9-17/h10-12,14-17,19H,3-9,13H2,1-2H3/t16-,17-,19?. The van der Waals surface area contributed by atoms with Crippen molar-refractivity contribution in [3.05, 3.63) is 58.7 Å². The lowest BCUT2D eigenvalue weighted by molar-refractivity contribution is 0.322. The number of hydrogen-bond donors (Lipinski definition) is 0. The quantitative estimate of drug-likeness (QED) is 0.534. The molecule has 1 unspecified atom stereocenters. The first-order valence-electron chi connectivity index (χ1n) is 9.94. The van der Waals surface area contributed by atoms with Crippen LogP contribution in [0.3, 0.4) is 0 Å². The molecular weight excluding hydrogens is 314 g/mol. The Hall–Kier alpha value is -1.44. The molecule has 1 aromatic carbocycles. The van der Waals surface area contributed by atoms with E-state index in [-0.39, 0.29) is 23.1 Å². The molecule has 0 aliphatic heterocycles. The molecule has 3 rings (SSSR count). The van der Waals surface area contributed by atoms with Crippen molar-refractivity contribution in [1.29, 1.82) is 0 Å². The zero-order valence-electron chi connectivity index (χ0n) is 15.5. The number of hydrogen-bond acceptors (Lipinski definition) is 0. The second-order valence-corrected chi connectivity index (χ2v) is 7.93. The highest BCUT2D eigenvalue weighted by molar-refractivity contribution is 5.36. The third-order valence-corrected chi connectivity index (χ3v) is 5.99. The summed E-state index contributed by atoms with van der Waals surface area (Å²) in [6.45, 7) is 4.37. The van der Waals surface area contributed by atoms with Gasteiger partial charge in [0.05, 0.1) is 0 Å². The summed E-state index contributed by atoms with van der Waals surface area (Å²) in [6.07, 6.45) is 14.9. The van der Waals surface area contributed by atoms with Gasteiger partial charge in [-0.15, -0.1) is 0 Å². The van der Waals surface area contributed by atoms with E-state index in [2.05, 4.69) is 25.2 Å². The van der Waals surface area contributed by atoms with Crippen LogP contribution >= 0.6 is 0 Å². The maximum absolute atomic E-state index is 14.3. The van der Waals surface area contributed by atoms with E-state index in [0.29, 0.717) is 12.3 Å². The molecule has 0 saturated heterocycles. The number of benzene rings is 1. The lowest BCUT2D eigenvalue weighted by atomic mass is 9.76. The smallest absolute Gasteiger partial charge is 0.129 e. The van der Waals surface area contributed by atoms with Crippen molar-refractivity contribution in [2.45, 2.75) is 71.1 Å². The summed E-state index contributed by atoms with van der Waals surface area (Å²) in [5.74, 6) is 0.865. The van der Waals surface area contributed by atoms with E-state index in [0.717, 1.165) is 30.7 Å². The van der Waals surface area contributed by atoms with Crippen LogP contribution in [0.15, 0.2) is 35.9 Å². The maximum Gasteiger partial charge on any atom is 0.129 e. The van der Waals surface area contributed by atoms with Gasteiger partial charge in [0.15, 0.2) is 0 Å². The summed E-state index contributed by atoms with van der Waals surface area (Å²) >= 11 is 0. The van der Waals surface area contributed by atoms with Crippen LogP contribution < -0.4 is 0 Å². The minimum atomic E-state index is -0.382. The fraction of sp³-hybridized carbons (Fsp3) is 0.565. The van der Waals surface area contributed by atoms with Gasteiger partial charge in [0.2, 0.25) is 0 Å². The summed E-state index contributed by atoms with van der Waals surface area (Å²) in [5, 5.41) is 0. The van der Waals surface area contributed by atoms with Gasteiger partial charge in [0, 0.05) is 11.5 Å². The Balaban J connectivity index is 1.67. The maximum atomic E-state index is 14.3. The first-order chi connectivity index (χ1) is 12.1. The Labute approximate surface area is 151 Å². The van der Waals surface area contributed by atoms with Gasteiger partial charge in [-0.1, -0.05) is 51.3 Å². The average Bonchev–Trinajstić information content (AvgIpc) is 2.62. The first-order valence-corrected chi connectivity index (χ1v) is 9.94. The Kier molecular flexibility index (Phi) is 6.09. The van der Waals surface area contributed by atoms with E-state index in [1.807, 2.05) is 6.92 Å². The molecule has 1 aromatic rings. The summed E-state index contributed by atoms with van der Waals surface area (Å²) < 4.78 is 28.6. The average molecular weight is 344 g/mol. The van der Waals surface area contributed by atoms with Crippen molar-refractivity contribution >= 4 is 0 Å². The second-order valence-electron chi connectivity index (χ2n) is 7.93. The van der Waals surface area contributed by atoms with Gasteiger partial charge >= 0.3 is 0 Å². The fourth-order valence-electron chi connectivity index (χ4n) is 4.21. The van der Waals surface area contributed by atoms with E-state index in [1.54, 1.807) is 12.1 Å². The number of unbranched alkanes of at least 4 members (excludes halogenated alkanes) is 1. The highest BCUT2D eigenvalue weighted by Gasteiger charge is 2.23. The normalized spacial score (nSPS) is 26.6. The SMILES string of the molecule is CCCCc1c(F)cc(C2C=CC([C@H]3CC[C@H](C)CC3)=CC2)cc1F. The number of rotatable bonds is 5. The molecule has 1 atom stereocenters. The van der Waals surface area contributed by atoms with Gasteiger partial charge in [-0.3, -0.25) is 0 Å². The molecule has 0 nitrogen and oxygen atoms in total. The summed E-state index contributed by atoms with van der Waals surface area (Å²) in [4.78, 5) is 0. The van der Waals surface area contributed by atoms with E-state index >= 15 is 0 Å². The van der Waals surface area contributed by atoms with Crippen LogP contribution in [0.5, 0.6) is 0 Å². The topological polar surface area (TPSA) is 0 Å². The van der Waals surface area contributed by atoms with Gasteiger partial charge in [-0.2, -0.15) is 0 Å². The van der Waals surface area contributed by atoms with E-state index in [9.17, 15) is 8.78 Å². The molecular formula is C23H30F2. The highest BCUT2D eigenvalue weighted by Crippen LogP contribution is 2.37. The molecule has 0 heterocycles. The van der Waals surface area contributed by atoms with E-state index < -0.39 is 0 Å². The van der Waals surface area contributed by atoms with Crippen molar-refractivity contribution in [3.8, 4) is 0 Å². The molecule has 0 N–H and O–H groups in total. The third kappa shape index (κ3) is 4.40. The van der Waals surface area contributed by atoms with Gasteiger partial charge in [-0.05, 0) is 67.2 Å². The van der Waals surface area contributed by atoms with Crippen molar-refractivity contribution in [2.24, 2.45) is 11.8 Å². The monoisotopic (exact) mass is 344 g/mol. The number of allylic oxidation sites excluding steroid dienone is 4. The van der Waals surface area contributed by atoms with Crippen LogP contribution in [0.4, 0.5) is 8.78 Å². The molecule has 1 fully saturated rings. The van der Waals surface area contributed by atoms with E-state index in [1.165, 1.54) is 31.3 Å². The van der Waals surface area contributed by atoms with Gasteiger partial charge in [0.1, 0.15) is 11.6 Å². The van der Waals surface area contributed by atoms with Crippen molar-refractivity contribution in [2.75, 3.05) is 0 Å². The van der Waals surface area contributed by atoms with Gasteiger partial charge in [0.25, 0.3) is 0 Å². The number of halogens is 2. The van der Waals surface area contributed by atoms with Crippen LogP contribution in [0.1, 0.15) is 75.8 Å². The molecule has 2 aliphatic rings. The minimum Gasteiger partial charge on any atom is -0.207 e. The molecule has 0 aromatic heterocycles. The largest absolute Gasteiger partial charge is 0.207 e. The summed E-state index contributed by atoms with van der Waals surface area (Å²) in [7, 11) is 0. The zero-order valence-corrected chi connectivity index (χ0v) is 15.5. The minimum absolute atomic E-state index is 0.0930. The van der Waals surface area contributed by atoms with Crippen molar-refractivity contribution in [3.63, 3.8) is 0 Å². The van der Waals surface area contributed by atoms with Crippen LogP contribution in [0, 0.1) is 23.5 Å². The Morgan fingerprint density at radius 1 is 1.04 bits per heavy atom. The predicted molar refractivity (Wildman–Crippen MR) is 101 cm³/mol. The first kappa shape index (κ1) is 18.4. The Morgan fingerprint density at radius 3 is 2.28 bits per heavy atom. The van der Waals surface area contributed by atoms with Crippen molar-refractivity contribution < 1.29 is 8.78 Å². The molecule has 2 heteroatoms. The molecule has 2 aliphatic carbocycles. The van der Waals surface area contributed by atoms with Gasteiger partial charge < -0.3 is 0 Å². The van der Waals surface area contributed by atoms with Crippen LogP contribution in [0.25, 0.3) is 0 Å². The molecule has 0 bridgehead atoms. The van der Waals surface area contributed by atoms with Crippen LogP contribution in [-0.2, 0) is 6.42 Å². The highest BCUT2D eigenvalue weighted by atomic mass is 19.1. The van der Waals surface area contributed by atoms with Crippen molar-refractivity contribution in [1.82, 2.24) is 0 Å². The fourth-order valence-corrected chi connectivity index (χ4v) is 4.21. The van der Waals surface area contributed by atoms with Crippen LogP contribution in [0.2, 0.25) is 0 Å². The second kappa shape index (κ2) is 8.29. The molecule has 1 saturated carbocycles.